The smallest absolute Gasteiger partial charge is 0.274 e. The molecular formula is C18H14F4N4O2. The lowest BCUT2D eigenvalue weighted by Gasteiger charge is -2.23. The predicted octanol–water partition coefficient (Wildman–Crippen LogP) is 3.38. The second kappa shape index (κ2) is 6.61. The molecule has 0 atom stereocenters. The van der Waals surface area contributed by atoms with Gasteiger partial charge in [-0.2, -0.15) is 13.2 Å². The molecule has 2 amide bonds. The van der Waals surface area contributed by atoms with Crippen molar-refractivity contribution < 1.29 is 27.2 Å². The van der Waals surface area contributed by atoms with E-state index in [2.05, 4.69) is 15.0 Å². The summed E-state index contributed by atoms with van der Waals surface area (Å²) in [6.07, 6.45) is 0.0000345. The van der Waals surface area contributed by atoms with Crippen molar-refractivity contribution in [2.75, 3.05) is 4.90 Å². The number of carbonyl (C=O) groups is 2. The van der Waals surface area contributed by atoms with Crippen LogP contribution in [0.4, 0.5) is 23.2 Å². The van der Waals surface area contributed by atoms with Gasteiger partial charge in [-0.1, -0.05) is 0 Å². The molecule has 0 spiro atoms. The van der Waals surface area contributed by atoms with Crippen LogP contribution in [0.1, 0.15) is 31.4 Å². The summed E-state index contributed by atoms with van der Waals surface area (Å²) in [4.78, 5) is 36.7. The van der Waals surface area contributed by atoms with Crippen LogP contribution in [0.15, 0.2) is 24.7 Å². The molecule has 0 radical (unpaired) electrons. The van der Waals surface area contributed by atoms with E-state index in [0.717, 1.165) is 24.7 Å². The molecule has 0 bridgehead atoms. The Labute approximate surface area is 156 Å². The number of aromatic nitrogens is 3. The molecule has 146 valence electrons. The van der Waals surface area contributed by atoms with Crippen LogP contribution in [0, 0.1) is 17.7 Å². The normalized spacial score (nSPS) is 16.7. The average Bonchev–Trinajstić information content (AvgIpc) is 3.54. The first-order valence-electron chi connectivity index (χ1n) is 8.68. The molecule has 28 heavy (non-hydrogen) atoms. The fourth-order valence-electron chi connectivity index (χ4n) is 2.79. The van der Waals surface area contributed by atoms with Gasteiger partial charge in [-0.05, 0) is 31.7 Å². The number of amides is 2. The van der Waals surface area contributed by atoms with Crippen molar-refractivity contribution in [3.63, 3.8) is 0 Å². The first-order chi connectivity index (χ1) is 13.3. The number of carbonyl (C=O) groups excluding carboxylic acids is 2. The lowest BCUT2D eigenvalue weighted by molar-refractivity contribution is -0.140. The Hall–Kier alpha value is -2.91. The van der Waals surface area contributed by atoms with Gasteiger partial charge in [0, 0.05) is 23.6 Å². The van der Waals surface area contributed by atoms with E-state index in [1.54, 1.807) is 0 Å². The molecule has 0 N–H and O–H groups in total. The van der Waals surface area contributed by atoms with Gasteiger partial charge in [0.2, 0.25) is 11.8 Å². The van der Waals surface area contributed by atoms with Gasteiger partial charge in [-0.25, -0.2) is 19.3 Å². The van der Waals surface area contributed by atoms with Gasteiger partial charge < -0.3 is 0 Å². The summed E-state index contributed by atoms with van der Waals surface area (Å²) < 4.78 is 54.5. The second-order valence-electron chi connectivity index (χ2n) is 6.88. The van der Waals surface area contributed by atoms with Crippen LogP contribution < -0.4 is 4.90 Å². The minimum absolute atomic E-state index is 0.0503. The van der Waals surface area contributed by atoms with Crippen LogP contribution in [-0.2, 0) is 15.8 Å². The summed E-state index contributed by atoms with van der Waals surface area (Å²) >= 11 is 0. The number of halogens is 4. The SMILES string of the molecule is O=C(C1CC1)N(C(=O)C1CC1)c1cnc(-c2cncc(F)c2)nc1C(F)(F)F. The van der Waals surface area contributed by atoms with Gasteiger partial charge in [0.15, 0.2) is 11.5 Å². The fraction of sp³-hybridized carbons (Fsp3) is 0.389. The van der Waals surface area contributed by atoms with E-state index in [9.17, 15) is 27.2 Å². The zero-order chi connectivity index (χ0) is 20.1. The van der Waals surface area contributed by atoms with E-state index in [0.29, 0.717) is 30.6 Å². The van der Waals surface area contributed by atoms with Crippen LogP contribution in [-0.4, -0.2) is 26.8 Å². The Morgan fingerprint density at radius 3 is 2.11 bits per heavy atom. The van der Waals surface area contributed by atoms with Crippen molar-refractivity contribution >= 4 is 17.5 Å². The van der Waals surface area contributed by atoms with E-state index in [1.807, 2.05) is 0 Å². The summed E-state index contributed by atoms with van der Waals surface area (Å²) in [5, 5.41) is 0. The molecular weight excluding hydrogens is 380 g/mol. The van der Waals surface area contributed by atoms with Gasteiger partial charge in [-0.15, -0.1) is 0 Å². The third-order valence-electron chi connectivity index (χ3n) is 4.54. The number of nitrogens with zero attached hydrogens (tertiary/aromatic N) is 4. The van der Waals surface area contributed by atoms with Gasteiger partial charge in [-0.3, -0.25) is 14.6 Å². The molecule has 0 aliphatic heterocycles. The van der Waals surface area contributed by atoms with Gasteiger partial charge in [0.25, 0.3) is 0 Å². The Bertz CT molecular complexity index is 931. The minimum Gasteiger partial charge on any atom is -0.274 e. The Morgan fingerprint density at radius 1 is 1.00 bits per heavy atom. The van der Waals surface area contributed by atoms with E-state index < -0.39 is 52.8 Å². The Morgan fingerprint density at radius 2 is 1.61 bits per heavy atom. The quantitative estimate of drug-likeness (QED) is 0.587. The van der Waals surface area contributed by atoms with Gasteiger partial charge in [0.1, 0.15) is 11.5 Å². The van der Waals surface area contributed by atoms with Crippen molar-refractivity contribution in [2.45, 2.75) is 31.9 Å². The fourth-order valence-corrected chi connectivity index (χ4v) is 2.79. The number of pyridine rings is 1. The Balaban J connectivity index is 1.82. The highest BCUT2D eigenvalue weighted by Gasteiger charge is 2.46. The molecule has 2 aliphatic rings. The molecule has 2 aromatic heterocycles. The lowest BCUT2D eigenvalue weighted by Crippen LogP contribution is -2.40. The van der Waals surface area contributed by atoms with Crippen molar-refractivity contribution in [3.8, 4) is 11.4 Å². The largest absolute Gasteiger partial charge is 0.435 e. The maximum absolute atomic E-state index is 13.7. The van der Waals surface area contributed by atoms with Crippen LogP contribution >= 0.6 is 0 Å². The molecule has 6 nitrogen and oxygen atoms in total. The summed E-state index contributed by atoms with van der Waals surface area (Å²) in [5.41, 5.74) is -2.15. The van der Waals surface area contributed by atoms with E-state index in [4.69, 9.17) is 0 Å². The average molecular weight is 394 g/mol. The molecule has 2 heterocycles. The van der Waals surface area contributed by atoms with E-state index in [-0.39, 0.29) is 5.56 Å². The summed E-state index contributed by atoms with van der Waals surface area (Å²) in [6.45, 7) is 0. The minimum atomic E-state index is -4.94. The highest BCUT2D eigenvalue weighted by atomic mass is 19.4. The van der Waals surface area contributed by atoms with Gasteiger partial charge in [0.05, 0.1) is 12.4 Å². The molecule has 0 saturated heterocycles. The predicted molar refractivity (Wildman–Crippen MR) is 88.2 cm³/mol. The number of alkyl halides is 3. The number of hydrogen-bond donors (Lipinski definition) is 0. The van der Waals surface area contributed by atoms with Crippen molar-refractivity contribution in [1.29, 1.82) is 0 Å². The van der Waals surface area contributed by atoms with Crippen molar-refractivity contribution in [3.05, 3.63) is 36.2 Å². The maximum atomic E-state index is 13.7. The van der Waals surface area contributed by atoms with Crippen LogP contribution in [0.2, 0.25) is 0 Å². The zero-order valence-electron chi connectivity index (χ0n) is 14.4. The molecule has 2 fully saturated rings. The second-order valence-corrected chi connectivity index (χ2v) is 6.88. The highest BCUT2D eigenvalue weighted by Crippen LogP contribution is 2.41. The van der Waals surface area contributed by atoms with Crippen LogP contribution in [0.5, 0.6) is 0 Å². The zero-order valence-corrected chi connectivity index (χ0v) is 14.4. The standard InChI is InChI=1S/C18H14F4N4O2/c19-12-5-11(6-23-7-12)15-24-8-13(14(25-15)18(20,21)22)26(16(27)9-1-2-9)17(28)10-3-4-10/h5-10H,1-4H2. The third kappa shape index (κ3) is 3.58. The molecule has 2 aromatic rings. The monoisotopic (exact) mass is 394 g/mol. The number of anilines is 1. The summed E-state index contributed by atoms with van der Waals surface area (Å²) in [7, 11) is 0. The number of imide groups is 1. The van der Waals surface area contributed by atoms with E-state index >= 15 is 0 Å². The first-order valence-corrected chi connectivity index (χ1v) is 8.68. The maximum Gasteiger partial charge on any atom is 0.435 e. The third-order valence-corrected chi connectivity index (χ3v) is 4.54. The summed E-state index contributed by atoms with van der Waals surface area (Å²) in [6, 6.07) is 0.949. The van der Waals surface area contributed by atoms with Crippen LogP contribution in [0.25, 0.3) is 11.4 Å². The molecule has 2 aliphatic carbocycles. The molecule has 0 aromatic carbocycles. The van der Waals surface area contributed by atoms with Gasteiger partial charge >= 0.3 is 6.18 Å². The topological polar surface area (TPSA) is 76.1 Å². The molecule has 2 saturated carbocycles. The molecule has 4 rings (SSSR count). The van der Waals surface area contributed by atoms with Crippen molar-refractivity contribution in [2.24, 2.45) is 11.8 Å². The van der Waals surface area contributed by atoms with Crippen molar-refractivity contribution in [1.82, 2.24) is 15.0 Å². The molecule has 10 heteroatoms. The van der Waals surface area contributed by atoms with Crippen LogP contribution in [0.3, 0.4) is 0 Å². The summed E-state index contributed by atoms with van der Waals surface area (Å²) in [5.74, 6) is -3.40. The lowest BCUT2D eigenvalue weighted by atomic mass is 10.2. The molecule has 0 unspecified atom stereocenters. The Kier molecular flexibility index (Phi) is 4.35. The first kappa shape index (κ1) is 18.5. The number of hydrogen-bond acceptors (Lipinski definition) is 5. The number of rotatable bonds is 4. The van der Waals surface area contributed by atoms with E-state index in [1.165, 1.54) is 0 Å². The highest BCUT2D eigenvalue weighted by molar-refractivity contribution is 6.17.